The summed E-state index contributed by atoms with van der Waals surface area (Å²) in [6, 6.07) is 5.00. The summed E-state index contributed by atoms with van der Waals surface area (Å²) in [4.78, 5) is 0. The van der Waals surface area contributed by atoms with E-state index in [1.807, 2.05) is 0 Å². The number of para-hydroxylation sites is 1. The lowest BCUT2D eigenvalue weighted by molar-refractivity contribution is -0.300. The Labute approximate surface area is 98.3 Å². The van der Waals surface area contributed by atoms with Crippen LogP contribution in [-0.4, -0.2) is 18.5 Å². The number of benzene rings is 1. The van der Waals surface area contributed by atoms with Gasteiger partial charge in [-0.2, -0.15) is 26.3 Å². The predicted molar refractivity (Wildman–Crippen MR) is 50.9 cm³/mol. The molecule has 0 aliphatic carbocycles. The van der Waals surface area contributed by atoms with Crippen molar-refractivity contribution >= 4 is 0 Å². The van der Waals surface area contributed by atoms with Gasteiger partial charge in [0.2, 0.25) is 0 Å². The van der Waals surface area contributed by atoms with Crippen molar-refractivity contribution in [1.82, 2.24) is 0 Å². The van der Waals surface area contributed by atoms with Crippen molar-refractivity contribution in [2.45, 2.75) is 25.0 Å². The second-order valence-electron chi connectivity index (χ2n) is 3.39. The minimum absolute atomic E-state index is 0.0657. The summed E-state index contributed by atoms with van der Waals surface area (Å²) in [6.07, 6.45) is -14.9. The van der Waals surface area contributed by atoms with Crippen LogP contribution in [0.5, 0.6) is 5.75 Å². The zero-order valence-electron chi connectivity index (χ0n) is 8.85. The Kier molecular flexibility index (Phi) is 4.10. The highest BCUT2D eigenvalue weighted by Gasteiger charge is 2.59. The lowest BCUT2D eigenvalue weighted by Gasteiger charge is -2.24. The summed E-state index contributed by atoms with van der Waals surface area (Å²) in [5.74, 6) is -0.528. The van der Waals surface area contributed by atoms with Gasteiger partial charge in [0.1, 0.15) is 5.75 Å². The first kappa shape index (κ1) is 14.6. The van der Waals surface area contributed by atoms with Crippen molar-refractivity contribution in [1.29, 1.82) is 0 Å². The summed E-state index contributed by atoms with van der Waals surface area (Å²) in [5, 5.41) is 0. The highest BCUT2D eigenvalue weighted by molar-refractivity contribution is 5.33. The molecule has 0 aromatic heterocycles. The third-order valence-electron chi connectivity index (χ3n) is 2.03. The molecule has 0 aliphatic heterocycles. The molecule has 0 heterocycles. The van der Waals surface area contributed by atoms with Gasteiger partial charge in [0.15, 0.2) is 0 Å². The minimum atomic E-state index is -5.54. The Hall–Kier alpha value is -1.44. The zero-order chi connectivity index (χ0) is 14.0. The van der Waals surface area contributed by atoms with E-state index < -0.39 is 24.2 Å². The van der Waals surface area contributed by atoms with Crippen LogP contribution in [-0.2, 0) is 6.54 Å². The van der Waals surface area contributed by atoms with Crippen molar-refractivity contribution < 1.29 is 31.1 Å². The maximum absolute atomic E-state index is 12.3. The molecule has 1 rings (SSSR count). The maximum Gasteiger partial charge on any atom is 0.434 e. The summed E-state index contributed by atoms with van der Waals surface area (Å²) in [5.41, 5.74) is 5.27. The monoisotopic (exact) mass is 273 g/mol. The molecular formula is C10H9F6NO. The van der Waals surface area contributed by atoms with E-state index in [1.54, 1.807) is 0 Å². The van der Waals surface area contributed by atoms with E-state index in [9.17, 15) is 26.3 Å². The average Bonchev–Trinajstić information content (AvgIpc) is 2.23. The highest BCUT2D eigenvalue weighted by atomic mass is 19.4. The van der Waals surface area contributed by atoms with Crippen molar-refractivity contribution in [3.8, 4) is 5.75 Å². The van der Waals surface area contributed by atoms with Crippen LogP contribution in [0.4, 0.5) is 26.3 Å². The van der Waals surface area contributed by atoms with E-state index in [2.05, 4.69) is 4.74 Å². The summed E-state index contributed by atoms with van der Waals surface area (Å²) < 4.78 is 77.6. The molecule has 0 radical (unpaired) electrons. The Balaban J connectivity index is 3.05. The number of nitrogens with two attached hydrogens (primary N) is 1. The van der Waals surface area contributed by atoms with Crippen LogP contribution in [0.25, 0.3) is 0 Å². The number of hydrogen-bond donors (Lipinski definition) is 1. The van der Waals surface area contributed by atoms with Crippen molar-refractivity contribution in [2.75, 3.05) is 0 Å². The predicted octanol–water partition coefficient (Wildman–Crippen LogP) is 3.02. The first-order valence-corrected chi connectivity index (χ1v) is 4.74. The normalized spacial score (nSPS) is 12.9. The lowest BCUT2D eigenvalue weighted by Crippen LogP contribution is -2.46. The number of halogens is 6. The van der Waals surface area contributed by atoms with Crippen LogP contribution in [0.15, 0.2) is 24.3 Å². The zero-order valence-corrected chi connectivity index (χ0v) is 8.85. The molecule has 0 bridgehead atoms. The van der Waals surface area contributed by atoms with E-state index in [0.717, 1.165) is 6.07 Å². The molecule has 2 nitrogen and oxygen atoms in total. The molecule has 0 saturated heterocycles. The number of rotatable bonds is 3. The molecule has 0 unspecified atom stereocenters. The standard InChI is InChI=1S/C10H9F6NO/c11-9(12,13)8(10(14,15)16)18-7-4-2-1-3-6(7)5-17/h1-4,8H,5,17H2. The highest BCUT2D eigenvalue weighted by Crippen LogP contribution is 2.37. The van der Waals surface area contributed by atoms with Gasteiger partial charge in [-0.25, -0.2) is 0 Å². The van der Waals surface area contributed by atoms with Crippen LogP contribution < -0.4 is 10.5 Å². The van der Waals surface area contributed by atoms with Gasteiger partial charge in [0.05, 0.1) is 0 Å². The van der Waals surface area contributed by atoms with Crippen molar-refractivity contribution in [3.05, 3.63) is 29.8 Å². The SMILES string of the molecule is NCc1ccccc1OC(C(F)(F)F)C(F)(F)F. The molecule has 2 N–H and O–H groups in total. The molecule has 1 aromatic rings. The third-order valence-corrected chi connectivity index (χ3v) is 2.03. The molecule has 0 atom stereocenters. The molecule has 0 amide bonds. The first-order chi connectivity index (χ1) is 8.16. The molecule has 1 aromatic carbocycles. The number of ether oxygens (including phenoxy) is 1. The summed E-state index contributed by atoms with van der Waals surface area (Å²) in [6.45, 7) is -0.224. The van der Waals surface area contributed by atoms with Crippen LogP contribution in [0.3, 0.4) is 0 Å². The Morgan fingerprint density at radius 1 is 1.00 bits per heavy atom. The van der Waals surface area contributed by atoms with E-state index in [0.29, 0.717) is 0 Å². The fourth-order valence-corrected chi connectivity index (χ4v) is 1.23. The van der Waals surface area contributed by atoms with Crippen LogP contribution >= 0.6 is 0 Å². The lowest BCUT2D eigenvalue weighted by atomic mass is 10.2. The van der Waals surface area contributed by atoms with E-state index in [4.69, 9.17) is 5.73 Å². The van der Waals surface area contributed by atoms with Crippen molar-refractivity contribution in [3.63, 3.8) is 0 Å². The topological polar surface area (TPSA) is 35.2 Å². The van der Waals surface area contributed by atoms with Crippen LogP contribution in [0, 0.1) is 0 Å². The molecule has 18 heavy (non-hydrogen) atoms. The molecule has 0 aliphatic rings. The van der Waals surface area contributed by atoms with Gasteiger partial charge in [-0.3, -0.25) is 0 Å². The van der Waals surface area contributed by atoms with Gasteiger partial charge in [-0.15, -0.1) is 0 Å². The van der Waals surface area contributed by atoms with Gasteiger partial charge >= 0.3 is 12.4 Å². The van der Waals surface area contributed by atoms with E-state index >= 15 is 0 Å². The van der Waals surface area contributed by atoms with E-state index in [-0.39, 0.29) is 12.1 Å². The average molecular weight is 273 g/mol. The minimum Gasteiger partial charge on any atom is -0.471 e. The quantitative estimate of drug-likeness (QED) is 0.859. The summed E-state index contributed by atoms with van der Waals surface area (Å²) in [7, 11) is 0. The molecule has 0 spiro atoms. The molecule has 8 heteroatoms. The second-order valence-corrected chi connectivity index (χ2v) is 3.39. The first-order valence-electron chi connectivity index (χ1n) is 4.74. The molecule has 102 valence electrons. The third kappa shape index (κ3) is 3.52. The molecule has 0 fully saturated rings. The fraction of sp³-hybridized carbons (Fsp3) is 0.400. The maximum atomic E-state index is 12.3. The van der Waals surface area contributed by atoms with E-state index in [1.165, 1.54) is 18.2 Å². The Morgan fingerprint density at radius 2 is 1.50 bits per heavy atom. The van der Waals surface area contributed by atoms with Gasteiger partial charge < -0.3 is 10.5 Å². The number of hydrogen-bond acceptors (Lipinski definition) is 2. The van der Waals surface area contributed by atoms with Gasteiger partial charge in [-0.05, 0) is 6.07 Å². The molecular weight excluding hydrogens is 264 g/mol. The van der Waals surface area contributed by atoms with Crippen LogP contribution in [0.1, 0.15) is 5.56 Å². The fourth-order valence-electron chi connectivity index (χ4n) is 1.23. The van der Waals surface area contributed by atoms with Gasteiger partial charge in [0, 0.05) is 12.1 Å². The Morgan fingerprint density at radius 3 is 1.94 bits per heavy atom. The Bertz CT molecular complexity index is 386. The largest absolute Gasteiger partial charge is 0.471 e. The smallest absolute Gasteiger partial charge is 0.434 e. The summed E-state index contributed by atoms with van der Waals surface area (Å²) >= 11 is 0. The number of alkyl halides is 6. The van der Waals surface area contributed by atoms with Crippen LogP contribution in [0.2, 0.25) is 0 Å². The van der Waals surface area contributed by atoms with Crippen molar-refractivity contribution in [2.24, 2.45) is 5.73 Å². The second kappa shape index (κ2) is 5.05. The van der Waals surface area contributed by atoms with Gasteiger partial charge in [0.25, 0.3) is 6.10 Å². The molecule has 0 saturated carbocycles. The van der Waals surface area contributed by atoms with Gasteiger partial charge in [-0.1, -0.05) is 18.2 Å².